The molecular weight excluding hydrogens is 378 g/mol. The molecule has 0 radical (unpaired) electrons. The summed E-state index contributed by atoms with van der Waals surface area (Å²) < 4.78 is 14.5. The van der Waals surface area contributed by atoms with Gasteiger partial charge in [-0.1, -0.05) is 41.9 Å². The number of halogens is 3. The number of hydrogen-bond donors (Lipinski definition) is 2. The van der Waals surface area contributed by atoms with E-state index < -0.39 is 5.82 Å². The molecule has 2 nitrogen and oxygen atoms in total. The molecule has 0 saturated carbocycles. The van der Waals surface area contributed by atoms with Crippen LogP contribution in [0.1, 0.15) is 17.2 Å². The zero-order valence-electron chi connectivity index (χ0n) is 10.0. The van der Waals surface area contributed by atoms with Crippen LogP contribution >= 0.6 is 34.2 Å². The predicted molar refractivity (Wildman–Crippen MR) is 84.3 cm³/mol. The lowest BCUT2D eigenvalue weighted by atomic mass is 9.99. The molecule has 0 amide bonds. The van der Waals surface area contributed by atoms with Crippen LogP contribution in [0.2, 0.25) is 5.02 Å². The first kappa shape index (κ1) is 14.7. The number of hydrazine groups is 1. The highest BCUT2D eigenvalue weighted by molar-refractivity contribution is 14.1. The molecule has 1 unspecified atom stereocenters. The van der Waals surface area contributed by atoms with Crippen LogP contribution in [0.15, 0.2) is 42.5 Å². The molecule has 5 heteroatoms. The third-order valence-corrected chi connectivity index (χ3v) is 4.34. The van der Waals surface area contributed by atoms with Gasteiger partial charge in [-0.25, -0.2) is 4.39 Å². The molecule has 100 valence electrons. The van der Waals surface area contributed by atoms with Crippen molar-refractivity contribution in [3.05, 3.63) is 68.0 Å². The molecular formula is C14H13ClFIN2. The summed E-state index contributed by atoms with van der Waals surface area (Å²) >= 11 is 8.23. The predicted octanol–water partition coefficient (Wildman–Crippen LogP) is 3.83. The fourth-order valence-electron chi connectivity index (χ4n) is 1.94. The van der Waals surface area contributed by atoms with E-state index in [1.165, 1.54) is 6.07 Å². The van der Waals surface area contributed by atoms with Crippen LogP contribution in [0, 0.1) is 9.39 Å². The zero-order chi connectivity index (χ0) is 13.8. The van der Waals surface area contributed by atoms with Crippen molar-refractivity contribution in [1.82, 2.24) is 5.43 Å². The SMILES string of the molecule is NNC(Cc1cccc(F)c1Cl)c1ccccc1I. The molecule has 0 heterocycles. The molecule has 0 aliphatic carbocycles. The molecule has 2 rings (SSSR count). The van der Waals surface area contributed by atoms with Crippen molar-refractivity contribution in [3.8, 4) is 0 Å². The van der Waals surface area contributed by atoms with Crippen LogP contribution in [-0.2, 0) is 6.42 Å². The molecule has 3 N–H and O–H groups in total. The Kier molecular flexibility index (Phi) is 5.15. The van der Waals surface area contributed by atoms with Gasteiger partial charge in [0.15, 0.2) is 0 Å². The Morgan fingerprint density at radius 2 is 1.95 bits per heavy atom. The largest absolute Gasteiger partial charge is 0.271 e. The van der Waals surface area contributed by atoms with Gasteiger partial charge in [-0.3, -0.25) is 11.3 Å². The molecule has 1 atom stereocenters. The molecule has 0 bridgehead atoms. The molecule has 0 spiro atoms. The van der Waals surface area contributed by atoms with E-state index in [4.69, 9.17) is 17.4 Å². The van der Waals surface area contributed by atoms with Crippen molar-refractivity contribution in [2.75, 3.05) is 0 Å². The minimum absolute atomic E-state index is 0.104. The lowest BCUT2D eigenvalue weighted by Crippen LogP contribution is -2.30. The topological polar surface area (TPSA) is 38.0 Å². The highest BCUT2D eigenvalue weighted by Gasteiger charge is 2.16. The standard InChI is InChI=1S/C14H13ClFIN2/c15-14-9(4-3-6-11(14)16)8-13(19-18)10-5-1-2-7-12(10)17/h1-7,13,19H,8,18H2. The molecule has 2 aromatic carbocycles. The van der Waals surface area contributed by atoms with E-state index in [2.05, 4.69) is 28.0 Å². The Hall–Kier alpha value is -0.690. The lowest BCUT2D eigenvalue weighted by molar-refractivity contribution is 0.546. The van der Waals surface area contributed by atoms with Crippen molar-refractivity contribution in [2.24, 2.45) is 5.84 Å². The maximum atomic E-state index is 13.4. The fraction of sp³-hybridized carbons (Fsp3) is 0.143. The van der Waals surface area contributed by atoms with Crippen LogP contribution in [0.3, 0.4) is 0 Å². The van der Waals surface area contributed by atoms with Crippen molar-refractivity contribution >= 4 is 34.2 Å². The molecule has 0 aliphatic heterocycles. The summed E-state index contributed by atoms with van der Waals surface area (Å²) in [4.78, 5) is 0. The molecule has 0 aromatic heterocycles. The van der Waals surface area contributed by atoms with Crippen molar-refractivity contribution in [2.45, 2.75) is 12.5 Å². The Labute approximate surface area is 130 Å². The maximum absolute atomic E-state index is 13.4. The van der Waals surface area contributed by atoms with Gasteiger partial charge in [0.05, 0.1) is 11.1 Å². The van der Waals surface area contributed by atoms with E-state index in [1.807, 2.05) is 30.3 Å². The summed E-state index contributed by atoms with van der Waals surface area (Å²) in [7, 11) is 0. The van der Waals surface area contributed by atoms with E-state index >= 15 is 0 Å². The van der Waals surface area contributed by atoms with Gasteiger partial charge in [-0.05, 0) is 52.3 Å². The Morgan fingerprint density at radius 1 is 1.21 bits per heavy atom. The second-order valence-corrected chi connectivity index (χ2v) is 5.70. The summed E-state index contributed by atoms with van der Waals surface area (Å²) in [6.07, 6.45) is 0.535. The first-order chi connectivity index (χ1) is 9.13. The minimum atomic E-state index is -0.405. The molecule has 0 saturated heterocycles. The Morgan fingerprint density at radius 3 is 2.63 bits per heavy atom. The van der Waals surface area contributed by atoms with Gasteiger partial charge >= 0.3 is 0 Å². The third-order valence-electron chi connectivity index (χ3n) is 2.94. The second-order valence-electron chi connectivity index (χ2n) is 4.16. The number of nitrogens with two attached hydrogens (primary N) is 1. The highest BCUT2D eigenvalue weighted by atomic mass is 127. The summed E-state index contributed by atoms with van der Waals surface area (Å²) in [6.45, 7) is 0. The number of rotatable bonds is 4. The summed E-state index contributed by atoms with van der Waals surface area (Å²) in [6, 6.07) is 12.6. The van der Waals surface area contributed by atoms with E-state index in [1.54, 1.807) is 6.07 Å². The third kappa shape index (κ3) is 3.45. The number of nitrogens with one attached hydrogen (secondary N) is 1. The number of benzene rings is 2. The van der Waals surface area contributed by atoms with Gasteiger partial charge in [0.2, 0.25) is 0 Å². The molecule has 19 heavy (non-hydrogen) atoms. The normalized spacial score (nSPS) is 12.4. The molecule has 0 fully saturated rings. The quantitative estimate of drug-likeness (QED) is 0.473. The molecule has 0 aliphatic rings. The van der Waals surface area contributed by atoms with E-state index in [0.717, 1.165) is 14.7 Å². The Bertz CT molecular complexity index is 577. The van der Waals surface area contributed by atoms with Crippen LogP contribution in [0.5, 0.6) is 0 Å². The van der Waals surface area contributed by atoms with Crippen molar-refractivity contribution < 1.29 is 4.39 Å². The summed E-state index contributed by atoms with van der Waals surface area (Å²) in [5.41, 5.74) is 4.58. The van der Waals surface area contributed by atoms with E-state index in [0.29, 0.717) is 6.42 Å². The smallest absolute Gasteiger partial charge is 0.142 e. The van der Waals surface area contributed by atoms with Gasteiger partial charge in [-0.15, -0.1) is 0 Å². The van der Waals surface area contributed by atoms with Crippen molar-refractivity contribution in [1.29, 1.82) is 0 Å². The Balaban J connectivity index is 2.30. The minimum Gasteiger partial charge on any atom is -0.271 e. The van der Waals surface area contributed by atoms with Crippen molar-refractivity contribution in [3.63, 3.8) is 0 Å². The first-order valence-corrected chi connectivity index (χ1v) is 7.22. The second kappa shape index (κ2) is 6.65. The van der Waals surface area contributed by atoms with Crippen LogP contribution in [-0.4, -0.2) is 0 Å². The fourth-order valence-corrected chi connectivity index (χ4v) is 2.91. The average Bonchev–Trinajstić information content (AvgIpc) is 2.41. The monoisotopic (exact) mass is 390 g/mol. The van der Waals surface area contributed by atoms with Crippen LogP contribution in [0.25, 0.3) is 0 Å². The van der Waals surface area contributed by atoms with Gasteiger partial charge in [0.1, 0.15) is 5.82 Å². The maximum Gasteiger partial charge on any atom is 0.142 e. The van der Waals surface area contributed by atoms with E-state index in [-0.39, 0.29) is 11.1 Å². The van der Waals surface area contributed by atoms with Gasteiger partial charge in [0, 0.05) is 3.57 Å². The van der Waals surface area contributed by atoms with E-state index in [9.17, 15) is 4.39 Å². The average molecular weight is 391 g/mol. The van der Waals surface area contributed by atoms with Gasteiger partial charge in [0.25, 0.3) is 0 Å². The van der Waals surface area contributed by atoms with Gasteiger partial charge < -0.3 is 0 Å². The zero-order valence-corrected chi connectivity index (χ0v) is 13.0. The van der Waals surface area contributed by atoms with Crippen LogP contribution < -0.4 is 11.3 Å². The summed E-state index contributed by atoms with van der Waals surface area (Å²) in [5.74, 6) is 5.21. The highest BCUT2D eigenvalue weighted by Crippen LogP contribution is 2.27. The lowest BCUT2D eigenvalue weighted by Gasteiger charge is -2.18. The number of hydrogen-bond acceptors (Lipinski definition) is 2. The summed E-state index contributed by atoms with van der Waals surface area (Å²) in [5, 5.41) is 0.161. The first-order valence-electron chi connectivity index (χ1n) is 5.77. The van der Waals surface area contributed by atoms with Gasteiger partial charge in [-0.2, -0.15) is 0 Å². The molecule has 2 aromatic rings. The van der Waals surface area contributed by atoms with Crippen LogP contribution in [0.4, 0.5) is 4.39 Å².